The molecule has 0 amide bonds. The van der Waals surface area contributed by atoms with Crippen LogP contribution in [0.1, 0.15) is 12.5 Å². The van der Waals surface area contributed by atoms with E-state index in [0.717, 1.165) is 0 Å². The number of phenolic OH excluding ortho intramolecular Hbond substituents is 1. The van der Waals surface area contributed by atoms with Crippen LogP contribution in [0.4, 0.5) is 11.4 Å². The molecule has 6 heteroatoms. The largest absolute Gasteiger partial charge is 0.506 e. The first-order valence-electron chi connectivity index (χ1n) is 5.54. The van der Waals surface area contributed by atoms with E-state index in [-0.39, 0.29) is 29.4 Å². The van der Waals surface area contributed by atoms with E-state index >= 15 is 0 Å². The van der Waals surface area contributed by atoms with E-state index in [1.165, 1.54) is 18.2 Å². The Morgan fingerprint density at radius 3 is 2.68 bits per heavy atom. The van der Waals surface area contributed by atoms with Crippen LogP contribution in [0, 0.1) is 11.3 Å². The molecule has 0 heterocycles. The molecular formula is C13H10N2O4. The quantitative estimate of drug-likeness (QED) is 0.794. The highest BCUT2D eigenvalue weighted by Gasteiger charge is 2.22. The number of phenols is 1. The van der Waals surface area contributed by atoms with Gasteiger partial charge in [-0.3, -0.25) is 9.59 Å². The van der Waals surface area contributed by atoms with Gasteiger partial charge in [-0.2, -0.15) is 5.26 Å². The van der Waals surface area contributed by atoms with Crippen LogP contribution >= 0.6 is 0 Å². The molecule has 0 bridgehead atoms. The Morgan fingerprint density at radius 1 is 1.37 bits per heavy atom. The first kappa shape index (κ1) is 12.6. The molecule has 0 aliphatic rings. The average Bonchev–Trinajstić information content (AvgIpc) is 2.42. The second kappa shape index (κ2) is 4.82. The summed E-state index contributed by atoms with van der Waals surface area (Å²) in [7, 11) is 0. The van der Waals surface area contributed by atoms with Crippen molar-refractivity contribution in [2.45, 2.75) is 6.92 Å². The van der Waals surface area contributed by atoms with E-state index in [9.17, 15) is 14.7 Å². The van der Waals surface area contributed by atoms with Crippen molar-refractivity contribution in [2.75, 3.05) is 11.9 Å². The van der Waals surface area contributed by atoms with Crippen molar-refractivity contribution < 1.29 is 9.84 Å². The molecule has 2 aromatic rings. The van der Waals surface area contributed by atoms with Crippen molar-refractivity contribution in [3.63, 3.8) is 0 Å². The third-order valence-corrected chi connectivity index (χ3v) is 2.54. The molecule has 6 nitrogen and oxygen atoms in total. The van der Waals surface area contributed by atoms with Gasteiger partial charge in [0, 0.05) is 11.8 Å². The summed E-state index contributed by atoms with van der Waals surface area (Å²) < 4.78 is 5.05. The predicted molar refractivity (Wildman–Crippen MR) is 68.6 cm³/mol. The number of nitriles is 1. The van der Waals surface area contributed by atoms with E-state index in [0.29, 0.717) is 5.69 Å². The Morgan fingerprint density at radius 2 is 2.11 bits per heavy atom. The van der Waals surface area contributed by atoms with E-state index in [2.05, 4.69) is 5.32 Å². The highest BCUT2D eigenvalue weighted by molar-refractivity contribution is 5.71. The number of benzene rings is 1. The summed E-state index contributed by atoms with van der Waals surface area (Å²) in [6.45, 7) is 1.98. The molecule has 19 heavy (non-hydrogen) atoms. The SMILES string of the molecule is CCOc1c(Nc2ccc(C#N)c(O)c2)c(=O)c1=O. The van der Waals surface area contributed by atoms with Crippen molar-refractivity contribution in [1.82, 2.24) is 0 Å². The minimum Gasteiger partial charge on any atom is -0.506 e. The minimum atomic E-state index is -0.665. The zero-order chi connectivity index (χ0) is 14.0. The molecule has 0 aliphatic carbocycles. The monoisotopic (exact) mass is 258 g/mol. The lowest BCUT2D eigenvalue weighted by Gasteiger charge is -2.13. The Labute approximate surface area is 108 Å². The van der Waals surface area contributed by atoms with Gasteiger partial charge in [0.25, 0.3) is 10.9 Å². The molecule has 0 aliphatic heterocycles. The third kappa shape index (κ3) is 2.13. The second-order valence-corrected chi connectivity index (χ2v) is 3.76. The normalized spacial score (nSPS) is 10.1. The van der Waals surface area contributed by atoms with Gasteiger partial charge in [0.05, 0.1) is 12.2 Å². The summed E-state index contributed by atoms with van der Waals surface area (Å²) in [4.78, 5) is 22.6. The number of anilines is 2. The number of nitrogens with one attached hydrogen (secondary N) is 1. The van der Waals surface area contributed by atoms with Crippen molar-refractivity contribution in [2.24, 2.45) is 0 Å². The number of rotatable bonds is 4. The Kier molecular flexibility index (Phi) is 3.21. The van der Waals surface area contributed by atoms with Gasteiger partial charge in [0.2, 0.25) is 0 Å². The summed E-state index contributed by atoms with van der Waals surface area (Å²) in [5.74, 6) is -0.208. The van der Waals surface area contributed by atoms with Gasteiger partial charge in [-0.15, -0.1) is 0 Å². The molecule has 0 saturated carbocycles. The molecule has 0 radical (unpaired) electrons. The Bertz CT molecular complexity index is 736. The van der Waals surface area contributed by atoms with Crippen molar-refractivity contribution in [3.05, 3.63) is 44.2 Å². The maximum absolute atomic E-state index is 11.4. The van der Waals surface area contributed by atoms with Gasteiger partial charge in [-0.1, -0.05) is 0 Å². The molecule has 2 rings (SSSR count). The van der Waals surface area contributed by atoms with Gasteiger partial charge >= 0.3 is 0 Å². The van der Waals surface area contributed by atoms with Gasteiger partial charge in [-0.25, -0.2) is 0 Å². The lowest BCUT2D eigenvalue weighted by molar-refractivity contribution is 0.335. The smallest absolute Gasteiger partial charge is 0.272 e. The van der Waals surface area contributed by atoms with Gasteiger partial charge in [-0.05, 0) is 19.1 Å². The lowest BCUT2D eigenvalue weighted by atomic mass is 10.1. The predicted octanol–water partition coefficient (Wildman–Crippen LogP) is 1.00. The molecule has 0 unspecified atom stereocenters. The molecule has 0 spiro atoms. The third-order valence-electron chi connectivity index (χ3n) is 2.54. The van der Waals surface area contributed by atoms with Crippen LogP contribution in [-0.2, 0) is 0 Å². The number of aromatic hydroxyl groups is 1. The lowest BCUT2D eigenvalue weighted by Crippen LogP contribution is -2.35. The minimum absolute atomic E-state index is 0.00338. The van der Waals surface area contributed by atoms with Crippen LogP contribution in [0.25, 0.3) is 0 Å². The number of hydrogen-bond acceptors (Lipinski definition) is 6. The van der Waals surface area contributed by atoms with E-state index in [4.69, 9.17) is 10.00 Å². The van der Waals surface area contributed by atoms with E-state index in [1.54, 1.807) is 6.92 Å². The highest BCUT2D eigenvalue weighted by Crippen LogP contribution is 2.26. The zero-order valence-corrected chi connectivity index (χ0v) is 10.1. The van der Waals surface area contributed by atoms with Crippen LogP contribution in [0.3, 0.4) is 0 Å². The molecule has 0 fully saturated rings. The first-order valence-corrected chi connectivity index (χ1v) is 5.54. The highest BCUT2D eigenvalue weighted by atomic mass is 16.5. The number of hydrogen-bond donors (Lipinski definition) is 2. The topological polar surface area (TPSA) is 99.4 Å². The van der Waals surface area contributed by atoms with Gasteiger partial charge in [0.1, 0.15) is 17.5 Å². The van der Waals surface area contributed by atoms with E-state index < -0.39 is 10.9 Å². The zero-order valence-electron chi connectivity index (χ0n) is 10.1. The van der Waals surface area contributed by atoms with Crippen LogP contribution in [-0.4, -0.2) is 11.7 Å². The number of nitrogens with zero attached hydrogens (tertiary/aromatic N) is 1. The Balaban J connectivity index is 2.30. The van der Waals surface area contributed by atoms with Crippen molar-refractivity contribution >= 4 is 11.4 Å². The fourth-order valence-corrected chi connectivity index (χ4v) is 1.61. The van der Waals surface area contributed by atoms with Crippen LogP contribution < -0.4 is 20.9 Å². The summed E-state index contributed by atoms with van der Waals surface area (Å²) >= 11 is 0. The average molecular weight is 258 g/mol. The van der Waals surface area contributed by atoms with Crippen molar-refractivity contribution in [1.29, 1.82) is 5.26 Å². The molecule has 0 atom stereocenters. The molecule has 96 valence electrons. The first-order chi connectivity index (χ1) is 9.08. The van der Waals surface area contributed by atoms with Crippen molar-refractivity contribution in [3.8, 4) is 17.6 Å². The van der Waals surface area contributed by atoms with Gasteiger partial charge < -0.3 is 15.2 Å². The van der Waals surface area contributed by atoms with Crippen LogP contribution in [0.2, 0.25) is 0 Å². The second-order valence-electron chi connectivity index (χ2n) is 3.76. The number of ether oxygens (including phenoxy) is 1. The van der Waals surface area contributed by atoms with Crippen LogP contribution in [0.15, 0.2) is 27.8 Å². The molecule has 2 aromatic carbocycles. The van der Waals surface area contributed by atoms with E-state index in [1.807, 2.05) is 6.07 Å². The molecule has 2 N–H and O–H groups in total. The summed E-state index contributed by atoms with van der Waals surface area (Å²) in [5, 5.41) is 20.9. The summed E-state index contributed by atoms with van der Waals surface area (Å²) in [6.07, 6.45) is 0. The summed E-state index contributed by atoms with van der Waals surface area (Å²) in [6, 6.07) is 6.04. The standard InChI is InChI=1S/C13H10N2O4/c1-2-19-13-10(11(17)12(13)18)15-8-4-3-7(6-14)9(16)5-8/h3-5,15-16H,2H2,1H3. The van der Waals surface area contributed by atoms with Gasteiger partial charge in [0.15, 0.2) is 5.75 Å². The molecule has 0 saturated heterocycles. The fraction of sp³-hybridized carbons (Fsp3) is 0.154. The maximum atomic E-state index is 11.4. The van der Waals surface area contributed by atoms with Crippen LogP contribution in [0.5, 0.6) is 11.5 Å². The fourth-order valence-electron chi connectivity index (χ4n) is 1.61. The molecular weight excluding hydrogens is 248 g/mol. The molecule has 0 aromatic heterocycles. The summed E-state index contributed by atoms with van der Waals surface area (Å²) in [5.41, 5.74) is -0.740. The Hall–Kier alpha value is -2.81. The maximum Gasteiger partial charge on any atom is 0.272 e.